The minimum Gasteiger partial charge on any atom is -0.330 e. The van der Waals surface area contributed by atoms with Crippen molar-refractivity contribution >= 4 is 0 Å². The summed E-state index contributed by atoms with van der Waals surface area (Å²) in [5, 5.41) is 0. The molecule has 0 amide bonds. The first-order valence-electron chi connectivity index (χ1n) is 6.90. The first-order chi connectivity index (χ1) is 8.70. The van der Waals surface area contributed by atoms with Crippen LogP contribution in [0.1, 0.15) is 37.8 Å². The molecule has 100 valence electrons. The number of halogens is 1. The van der Waals surface area contributed by atoms with Crippen molar-refractivity contribution < 1.29 is 4.39 Å². The maximum absolute atomic E-state index is 13.3. The van der Waals surface area contributed by atoms with Crippen molar-refractivity contribution in [3.63, 3.8) is 0 Å². The van der Waals surface area contributed by atoms with Gasteiger partial charge >= 0.3 is 0 Å². The highest BCUT2D eigenvalue weighted by atomic mass is 19.1. The van der Waals surface area contributed by atoms with Gasteiger partial charge in [0.1, 0.15) is 5.82 Å². The molecule has 0 aliphatic carbocycles. The predicted molar refractivity (Wildman–Crippen MR) is 72.8 cm³/mol. The number of hydrogen-bond acceptors (Lipinski definition) is 2. The summed E-state index contributed by atoms with van der Waals surface area (Å²) in [5.41, 5.74) is 6.72. The molecule has 1 aliphatic rings. The lowest BCUT2D eigenvalue weighted by molar-refractivity contribution is 0.128. The normalized spacial score (nSPS) is 22.9. The zero-order valence-corrected chi connectivity index (χ0v) is 11.1. The van der Waals surface area contributed by atoms with Gasteiger partial charge in [-0.1, -0.05) is 12.1 Å². The molecule has 1 fully saturated rings. The van der Waals surface area contributed by atoms with Crippen molar-refractivity contribution in [3.8, 4) is 0 Å². The number of rotatable bonds is 4. The molecule has 18 heavy (non-hydrogen) atoms. The number of nitrogens with two attached hydrogens (primary N) is 1. The van der Waals surface area contributed by atoms with Crippen molar-refractivity contribution in [2.45, 2.75) is 32.2 Å². The highest BCUT2D eigenvalue weighted by Gasteiger charge is 2.23. The van der Waals surface area contributed by atoms with Crippen molar-refractivity contribution in [2.24, 2.45) is 11.7 Å². The van der Waals surface area contributed by atoms with E-state index in [9.17, 15) is 4.39 Å². The summed E-state index contributed by atoms with van der Waals surface area (Å²) in [6.45, 7) is 5.14. The average Bonchev–Trinajstić information content (AvgIpc) is 2.39. The lowest BCUT2D eigenvalue weighted by Gasteiger charge is -2.37. The van der Waals surface area contributed by atoms with Gasteiger partial charge in [-0.2, -0.15) is 0 Å². The van der Waals surface area contributed by atoms with Gasteiger partial charge in [0.05, 0.1) is 0 Å². The Labute approximate surface area is 109 Å². The Hall–Kier alpha value is -0.930. The lowest BCUT2D eigenvalue weighted by atomic mass is 9.93. The first-order valence-corrected chi connectivity index (χ1v) is 6.90. The van der Waals surface area contributed by atoms with E-state index in [2.05, 4.69) is 11.8 Å². The zero-order chi connectivity index (χ0) is 13.0. The van der Waals surface area contributed by atoms with Gasteiger partial charge in [0, 0.05) is 12.6 Å². The van der Waals surface area contributed by atoms with Crippen molar-refractivity contribution in [3.05, 3.63) is 35.6 Å². The van der Waals surface area contributed by atoms with Crippen LogP contribution in [0.15, 0.2) is 24.3 Å². The lowest BCUT2D eigenvalue weighted by Crippen LogP contribution is -2.37. The van der Waals surface area contributed by atoms with Gasteiger partial charge in [-0.3, -0.25) is 4.90 Å². The summed E-state index contributed by atoms with van der Waals surface area (Å²) < 4.78 is 13.3. The number of benzene rings is 1. The SMILES string of the molecule is CC(c1cccc(F)c1)N1CCCC(CCN)C1. The molecule has 2 nitrogen and oxygen atoms in total. The first kappa shape index (κ1) is 13.5. The molecule has 2 rings (SSSR count). The van der Waals surface area contributed by atoms with E-state index in [0.717, 1.165) is 31.6 Å². The van der Waals surface area contributed by atoms with Gasteiger partial charge in [0.15, 0.2) is 0 Å². The van der Waals surface area contributed by atoms with Crippen LogP contribution in [0.2, 0.25) is 0 Å². The third-order valence-corrected chi connectivity index (χ3v) is 4.00. The van der Waals surface area contributed by atoms with Crippen LogP contribution in [-0.4, -0.2) is 24.5 Å². The number of likely N-dealkylation sites (tertiary alicyclic amines) is 1. The third kappa shape index (κ3) is 3.30. The molecule has 1 heterocycles. The second kappa shape index (κ2) is 6.30. The number of hydrogen-bond donors (Lipinski definition) is 1. The minimum absolute atomic E-state index is 0.144. The number of piperidine rings is 1. The standard InChI is InChI=1S/C15H23FN2/c1-12(14-5-2-6-15(16)10-14)18-9-3-4-13(11-18)7-8-17/h2,5-6,10,12-13H,3-4,7-9,11,17H2,1H3. The third-order valence-electron chi connectivity index (χ3n) is 4.00. The van der Waals surface area contributed by atoms with E-state index < -0.39 is 0 Å². The van der Waals surface area contributed by atoms with Crippen LogP contribution in [0.5, 0.6) is 0 Å². The Balaban J connectivity index is 2.02. The largest absolute Gasteiger partial charge is 0.330 e. The quantitative estimate of drug-likeness (QED) is 0.890. The predicted octanol–water partition coefficient (Wildman–Crippen LogP) is 2.95. The zero-order valence-electron chi connectivity index (χ0n) is 11.1. The minimum atomic E-state index is -0.144. The maximum Gasteiger partial charge on any atom is 0.123 e. The molecule has 1 aliphatic heterocycles. The van der Waals surface area contributed by atoms with Gasteiger partial charge in [0.2, 0.25) is 0 Å². The monoisotopic (exact) mass is 250 g/mol. The summed E-state index contributed by atoms with van der Waals surface area (Å²) in [6.07, 6.45) is 3.61. The topological polar surface area (TPSA) is 29.3 Å². The van der Waals surface area contributed by atoms with Crippen LogP contribution in [-0.2, 0) is 0 Å². The fourth-order valence-electron chi connectivity index (χ4n) is 2.90. The van der Waals surface area contributed by atoms with E-state index in [4.69, 9.17) is 5.73 Å². The summed E-state index contributed by atoms with van der Waals surface area (Å²) in [6, 6.07) is 7.25. The van der Waals surface area contributed by atoms with Crippen molar-refractivity contribution in [1.82, 2.24) is 4.90 Å². The molecule has 0 spiro atoms. The summed E-state index contributed by atoms with van der Waals surface area (Å²) in [5.74, 6) is 0.564. The summed E-state index contributed by atoms with van der Waals surface area (Å²) in [4.78, 5) is 2.46. The summed E-state index contributed by atoms with van der Waals surface area (Å²) >= 11 is 0. The fourth-order valence-corrected chi connectivity index (χ4v) is 2.90. The molecule has 1 aromatic carbocycles. The Morgan fingerprint density at radius 2 is 2.33 bits per heavy atom. The van der Waals surface area contributed by atoms with Gasteiger partial charge in [-0.15, -0.1) is 0 Å². The number of nitrogens with zero attached hydrogens (tertiary/aromatic N) is 1. The molecule has 2 unspecified atom stereocenters. The van der Waals surface area contributed by atoms with E-state index in [1.807, 2.05) is 6.07 Å². The van der Waals surface area contributed by atoms with Crippen LogP contribution >= 0.6 is 0 Å². The van der Waals surface area contributed by atoms with E-state index in [1.165, 1.54) is 18.9 Å². The molecule has 2 N–H and O–H groups in total. The van der Waals surface area contributed by atoms with E-state index >= 15 is 0 Å². The Morgan fingerprint density at radius 3 is 3.06 bits per heavy atom. The molecule has 3 heteroatoms. The molecule has 0 aromatic heterocycles. The highest BCUT2D eigenvalue weighted by molar-refractivity contribution is 5.19. The van der Waals surface area contributed by atoms with Crippen LogP contribution < -0.4 is 5.73 Å². The second-order valence-electron chi connectivity index (χ2n) is 5.31. The molecule has 2 atom stereocenters. The molecule has 1 aromatic rings. The van der Waals surface area contributed by atoms with Gasteiger partial charge < -0.3 is 5.73 Å². The Bertz CT molecular complexity index is 379. The molecular formula is C15H23FN2. The van der Waals surface area contributed by atoms with Crippen LogP contribution in [0, 0.1) is 11.7 Å². The molecule has 1 saturated heterocycles. The molecular weight excluding hydrogens is 227 g/mol. The Morgan fingerprint density at radius 1 is 1.50 bits per heavy atom. The molecule has 0 radical (unpaired) electrons. The van der Waals surface area contributed by atoms with Crippen LogP contribution in [0.25, 0.3) is 0 Å². The van der Waals surface area contributed by atoms with Gasteiger partial charge in [-0.25, -0.2) is 4.39 Å². The van der Waals surface area contributed by atoms with E-state index in [-0.39, 0.29) is 5.82 Å². The summed E-state index contributed by atoms with van der Waals surface area (Å²) in [7, 11) is 0. The Kier molecular flexibility index (Phi) is 4.72. The second-order valence-corrected chi connectivity index (χ2v) is 5.31. The van der Waals surface area contributed by atoms with E-state index in [0.29, 0.717) is 12.0 Å². The van der Waals surface area contributed by atoms with Crippen molar-refractivity contribution in [1.29, 1.82) is 0 Å². The highest BCUT2D eigenvalue weighted by Crippen LogP contribution is 2.27. The van der Waals surface area contributed by atoms with Crippen LogP contribution in [0.3, 0.4) is 0 Å². The molecule has 0 saturated carbocycles. The molecule has 0 bridgehead atoms. The smallest absolute Gasteiger partial charge is 0.123 e. The van der Waals surface area contributed by atoms with Gasteiger partial charge in [0.25, 0.3) is 0 Å². The van der Waals surface area contributed by atoms with Crippen molar-refractivity contribution in [2.75, 3.05) is 19.6 Å². The van der Waals surface area contributed by atoms with Gasteiger partial charge in [-0.05, 0) is 62.9 Å². The van der Waals surface area contributed by atoms with E-state index in [1.54, 1.807) is 12.1 Å². The average molecular weight is 250 g/mol. The fraction of sp³-hybridized carbons (Fsp3) is 0.600. The maximum atomic E-state index is 13.3. The van der Waals surface area contributed by atoms with Crippen LogP contribution in [0.4, 0.5) is 4.39 Å².